The molecule has 116 valence electrons. The lowest BCUT2D eigenvalue weighted by Crippen LogP contribution is -2.29. The largest absolute Gasteiger partial charge is 0.483 e. The summed E-state index contributed by atoms with van der Waals surface area (Å²) in [5.74, 6) is -0.876. The summed E-state index contributed by atoms with van der Waals surface area (Å²) in [7, 11) is 1.64. The van der Waals surface area contributed by atoms with E-state index in [-0.39, 0.29) is 12.3 Å². The molecule has 0 heterocycles. The maximum Gasteiger partial charge on any atom is 0.419 e. The van der Waals surface area contributed by atoms with E-state index in [1.54, 1.807) is 7.05 Å². The van der Waals surface area contributed by atoms with Crippen LogP contribution in [-0.2, 0) is 17.5 Å². The summed E-state index contributed by atoms with van der Waals surface area (Å²) in [4.78, 5) is 11.3. The molecule has 4 nitrogen and oxygen atoms in total. The minimum Gasteiger partial charge on any atom is -0.483 e. The minimum atomic E-state index is -4.54. The molecule has 0 atom stereocenters. The highest BCUT2D eigenvalue weighted by Gasteiger charge is 2.34. The monoisotopic (exact) mass is 302 g/mol. The predicted molar refractivity (Wildman–Crippen MR) is 72.9 cm³/mol. The molecule has 1 rings (SSSR count). The molecule has 0 unspecified atom stereocenters. The van der Waals surface area contributed by atoms with E-state index in [9.17, 15) is 18.0 Å². The number of carbonyl (C=O) groups is 1. The molecule has 0 aromatic heterocycles. The molecule has 0 radical (unpaired) electrons. The van der Waals surface area contributed by atoms with Gasteiger partial charge in [-0.3, -0.25) is 4.79 Å². The third kappa shape index (κ3) is 5.47. The maximum atomic E-state index is 13.0. The molecule has 1 aromatic rings. The molecule has 21 heavy (non-hydrogen) atoms. The van der Waals surface area contributed by atoms with Crippen LogP contribution in [0.15, 0.2) is 30.9 Å². The van der Waals surface area contributed by atoms with Gasteiger partial charge >= 0.3 is 6.18 Å². The van der Waals surface area contributed by atoms with Crippen LogP contribution in [0.5, 0.6) is 5.75 Å². The van der Waals surface area contributed by atoms with E-state index < -0.39 is 24.3 Å². The molecule has 0 aliphatic rings. The maximum absolute atomic E-state index is 13.0. The van der Waals surface area contributed by atoms with E-state index in [0.29, 0.717) is 12.1 Å². The summed E-state index contributed by atoms with van der Waals surface area (Å²) in [5, 5.41) is 5.19. The Morgan fingerprint density at radius 2 is 2.14 bits per heavy atom. The van der Waals surface area contributed by atoms with Crippen molar-refractivity contribution in [1.82, 2.24) is 10.6 Å². The van der Waals surface area contributed by atoms with Crippen molar-refractivity contribution in [2.45, 2.75) is 12.7 Å². The first-order valence-electron chi connectivity index (χ1n) is 6.23. The molecule has 0 fully saturated rings. The molecule has 1 amide bonds. The zero-order chi connectivity index (χ0) is 15.9. The van der Waals surface area contributed by atoms with Gasteiger partial charge in [0, 0.05) is 13.1 Å². The molecule has 2 N–H and O–H groups in total. The highest BCUT2D eigenvalue weighted by atomic mass is 19.4. The van der Waals surface area contributed by atoms with Gasteiger partial charge in [0.25, 0.3) is 5.91 Å². The SMILES string of the molecule is C=CCNC(=O)COc1ccc(CNC)cc1C(F)(F)F. The molecule has 1 aromatic carbocycles. The number of nitrogens with one attached hydrogen (secondary N) is 2. The Morgan fingerprint density at radius 1 is 1.43 bits per heavy atom. The number of amides is 1. The van der Waals surface area contributed by atoms with Crippen molar-refractivity contribution in [3.8, 4) is 5.75 Å². The fourth-order valence-corrected chi connectivity index (χ4v) is 1.62. The molecule has 0 bridgehead atoms. The zero-order valence-electron chi connectivity index (χ0n) is 11.6. The second-order valence-corrected chi connectivity index (χ2v) is 4.24. The summed E-state index contributed by atoms with van der Waals surface area (Å²) in [6.07, 6.45) is -3.08. The first-order chi connectivity index (χ1) is 9.88. The second-order valence-electron chi connectivity index (χ2n) is 4.24. The lowest BCUT2D eigenvalue weighted by Gasteiger charge is -2.15. The average Bonchev–Trinajstić information content (AvgIpc) is 2.43. The first kappa shape index (κ1) is 17.0. The van der Waals surface area contributed by atoms with Crippen molar-refractivity contribution in [2.24, 2.45) is 0 Å². The number of rotatable bonds is 7. The number of benzene rings is 1. The third-order valence-corrected chi connectivity index (χ3v) is 2.53. The summed E-state index contributed by atoms with van der Waals surface area (Å²) < 4.78 is 43.9. The van der Waals surface area contributed by atoms with Gasteiger partial charge in [0.1, 0.15) is 5.75 Å². The molecule has 0 aliphatic heterocycles. The quantitative estimate of drug-likeness (QED) is 0.759. The van der Waals surface area contributed by atoms with Gasteiger partial charge in [0.2, 0.25) is 0 Å². The van der Waals surface area contributed by atoms with Gasteiger partial charge in [-0.05, 0) is 24.7 Å². The molecule has 0 saturated heterocycles. The fraction of sp³-hybridized carbons (Fsp3) is 0.357. The van der Waals surface area contributed by atoms with Gasteiger partial charge in [0.05, 0.1) is 5.56 Å². The van der Waals surface area contributed by atoms with Gasteiger partial charge in [-0.2, -0.15) is 13.2 Å². The highest BCUT2D eigenvalue weighted by molar-refractivity contribution is 5.77. The van der Waals surface area contributed by atoms with Crippen LogP contribution in [0.3, 0.4) is 0 Å². The van der Waals surface area contributed by atoms with Crippen molar-refractivity contribution in [2.75, 3.05) is 20.2 Å². The van der Waals surface area contributed by atoms with E-state index in [1.165, 1.54) is 18.2 Å². The molecule has 0 saturated carbocycles. The average molecular weight is 302 g/mol. The Kier molecular flexibility index (Phi) is 6.23. The van der Waals surface area contributed by atoms with Crippen LogP contribution in [0.25, 0.3) is 0 Å². The number of alkyl halides is 3. The number of hydrogen-bond donors (Lipinski definition) is 2. The summed E-state index contributed by atoms with van der Waals surface area (Å²) >= 11 is 0. The second kappa shape index (κ2) is 7.68. The van der Waals surface area contributed by atoms with E-state index in [2.05, 4.69) is 17.2 Å². The van der Waals surface area contributed by atoms with Gasteiger partial charge < -0.3 is 15.4 Å². The van der Waals surface area contributed by atoms with Crippen LogP contribution >= 0.6 is 0 Å². The van der Waals surface area contributed by atoms with E-state index in [4.69, 9.17) is 4.74 Å². The van der Waals surface area contributed by atoms with Crippen LogP contribution in [0, 0.1) is 0 Å². The minimum absolute atomic E-state index is 0.232. The lowest BCUT2D eigenvalue weighted by atomic mass is 10.1. The number of ether oxygens (including phenoxy) is 1. The topological polar surface area (TPSA) is 50.4 Å². The van der Waals surface area contributed by atoms with Crippen LogP contribution in [0.1, 0.15) is 11.1 Å². The predicted octanol–water partition coefficient (Wildman–Crippen LogP) is 2.11. The Bertz CT molecular complexity index is 501. The van der Waals surface area contributed by atoms with Crippen molar-refractivity contribution >= 4 is 5.91 Å². The molecule has 7 heteroatoms. The Balaban J connectivity index is 2.85. The van der Waals surface area contributed by atoms with E-state index in [0.717, 1.165) is 6.07 Å². The number of halogens is 3. The van der Waals surface area contributed by atoms with Gasteiger partial charge in [0.15, 0.2) is 6.61 Å². The van der Waals surface area contributed by atoms with Crippen molar-refractivity contribution in [1.29, 1.82) is 0 Å². The van der Waals surface area contributed by atoms with Crippen LogP contribution in [0.2, 0.25) is 0 Å². The Labute approximate surface area is 121 Å². The first-order valence-corrected chi connectivity index (χ1v) is 6.23. The zero-order valence-corrected chi connectivity index (χ0v) is 11.6. The van der Waals surface area contributed by atoms with Gasteiger partial charge in [-0.25, -0.2) is 0 Å². The lowest BCUT2D eigenvalue weighted by molar-refractivity contribution is -0.139. The molecule has 0 spiro atoms. The van der Waals surface area contributed by atoms with Crippen LogP contribution < -0.4 is 15.4 Å². The smallest absolute Gasteiger partial charge is 0.419 e. The number of carbonyl (C=O) groups excluding carboxylic acids is 1. The third-order valence-electron chi connectivity index (χ3n) is 2.53. The van der Waals surface area contributed by atoms with E-state index in [1.807, 2.05) is 0 Å². The fourth-order valence-electron chi connectivity index (χ4n) is 1.62. The van der Waals surface area contributed by atoms with Crippen molar-refractivity contribution < 1.29 is 22.7 Å². The van der Waals surface area contributed by atoms with Crippen LogP contribution in [0.4, 0.5) is 13.2 Å². The summed E-state index contributed by atoms with van der Waals surface area (Å²) in [5.41, 5.74) is -0.417. The van der Waals surface area contributed by atoms with Gasteiger partial charge in [-0.1, -0.05) is 12.1 Å². The normalized spacial score (nSPS) is 11.0. The molecular formula is C14H17F3N2O2. The Morgan fingerprint density at radius 3 is 2.71 bits per heavy atom. The standard InChI is InChI=1S/C14H17F3N2O2/c1-3-6-19-13(20)9-21-12-5-4-10(8-18-2)7-11(12)14(15,16)17/h3-5,7,18H,1,6,8-9H2,2H3,(H,19,20). The van der Waals surface area contributed by atoms with Crippen LogP contribution in [-0.4, -0.2) is 26.1 Å². The highest BCUT2D eigenvalue weighted by Crippen LogP contribution is 2.36. The van der Waals surface area contributed by atoms with E-state index >= 15 is 0 Å². The van der Waals surface area contributed by atoms with Gasteiger partial charge in [-0.15, -0.1) is 6.58 Å². The molecule has 0 aliphatic carbocycles. The summed E-state index contributed by atoms with van der Waals surface area (Å²) in [6.45, 7) is 3.47. The number of hydrogen-bond acceptors (Lipinski definition) is 3. The molecular weight excluding hydrogens is 285 g/mol. The van der Waals surface area contributed by atoms with Crippen molar-refractivity contribution in [3.63, 3.8) is 0 Å². The van der Waals surface area contributed by atoms with Crippen molar-refractivity contribution in [3.05, 3.63) is 42.0 Å². The Hall–Kier alpha value is -2.02. The summed E-state index contributed by atoms with van der Waals surface area (Å²) in [6, 6.07) is 3.74.